The van der Waals surface area contributed by atoms with Gasteiger partial charge in [0.05, 0.1) is 0 Å². The average molecular weight is 193 g/mol. The van der Waals surface area contributed by atoms with Crippen molar-refractivity contribution in [2.24, 2.45) is 0 Å². The highest BCUT2D eigenvalue weighted by atomic mass is 16.3. The molecule has 0 saturated heterocycles. The van der Waals surface area contributed by atoms with E-state index in [9.17, 15) is 0 Å². The first-order valence-corrected chi connectivity index (χ1v) is 5.27. The highest BCUT2D eigenvalue weighted by molar-refractivity contribution is 5.18. The monoisotopic (exact) mass is 193 g/mol. The van der Waals surface area contributed by atoms with Crippen molar-refractivity contribution in [3.8, 4) is 0 Å². The quantitative estimate of drug-likeness (QED) is 0.678. The van der Waals surface area contributed by atoms with Crippen LogP contribution in [0.15, 0.2) is 30.3 Å². The third kappa shape index (κ3) is 3.48. The SMILES string of the molecule is CC[C@H](NCCCO)c1ccccc1. The van der Waals surface area contributed by atoms with Gasteiger partial charge in [-0.15, -0.1) is 0 Å². The van der Waals surface area contributed by atoms with E-state index in [1.165, 1.54) is 5.56 Å². The highest BCUT2D eigenvalue weighted by Crippen LogP contribution is 2.15. The molecule has 1 rings (SSSR count). The molecule has 0 aliphatic rings. The fraction of sp³-hybridized carbons (Fsp3) is 0.500. The van der Waals surface area contributed by atoms with Crippen molar-refractivity contribution in [2.75, 3.05) is 13.2 Å². The van der Waals surface area contributed by atoms with Crippen LogP contribution in [0.4, 0.5) is 0 Å². The summed E-state index contributed by atoms with van der Waals surface area (Å²) in [6.07, 6.45) is 1.90. The van der Waals surface area contributed by atoms with Gasteiger partial charge in [-0.3, -0.25) is 0 Å². The molecule has 1 aromatic rings. The van der Waals surface area contributed by atoms with E-state index in [0.717, 1.165) is 19.4 Å². The lowest BCUT2D eigenvalue weighted by Crippen LogP contribution is -2.22. The zero-order valence-corrected chi connectivity index (χ0v) is 8.74. The lowest BCUT2D eigenvalue weighted by atomic mass is 10.0. The Balaban J connectivity index is 2.46. The van der Waals surface area contributed by atoms with Gasteiger partial charge in [0.2, 0.25) is 0 Å². The van der Waals surface area contributed by atoms with Gasteiger partial charge >= 0.3 is 0 Å². The predicted octanol–water partition coefficient (Wildman–Crippen LogP) is 2.11. The molecule has 2 heteroatoms. The van der Waals surface area contributed by atoms with Crippen molar-refractivity contribution in [1.29, 1.82) is 0 Å². The van der Waals surface area contributed by atoms with Crippen LogP contribution in [0.3, 0.4) is 0 Å². The third-order valence-electron chi connectivity index (χ3n) is 2.34. The van der Waals surface area contributed by atoms with Crippen LogP contribution in [0.5, 0.6) is 0 Å². The molecule has 0 saturated carbocycles. The van der Waals surface area contributed by atoms with E-state index in [1.54, 1.807) is 0 Å². The molecule has 78 valence electrons. The standard InChI is InChI=1S/C12H19NO/c1-2-12(13-9-6-10-14)11-7-4-3-5-8-11/h3-5,7-8,12-14H,2,6,9-10H2,1H3/t12-/m0/s1. The fourth-order valence-corrected chi connectivity index (χ4v) is 1.54. The molecule has 0 aromatic heterocycles. The Morgan fingerprint density at radius 3 is 2.57 bits per heavy atom. The number of benzene rings is 1. The molecule has 0 radical (unpaired) electrons. The third-order valence-corrected chi connectivity index (χ3v) is 2.34. The van der Waals surface area contributed by atoms with Crippen molar-refractivity contribution in [3.63, 3.8) is 0 Å². The second kappa shape index (κ2) is 6.57. The van der Waals surface area contributed by atoms with E-state index in [-0.39, 0.29) is 6.61 Å². The van der Waals surface area contributed by atoms with Gasteiger partial charge in [-0.05, 0) is 24.9 Å². The van der Waals surface area contributed by atoms with Crippen LogP contribution in [0, 0.1) is 0 Å². The van der Waals surface area contributed by atoms with Gasteiger partial charge in [0.25, 0.3) is 0 Å². The summed E-state index contributed by atoms with van der Waals surface area (Å²) in [6, 6.07) is 10.9. The van der Waals surface area contributed by atoms with Crippen molar-refractivity contribution in [1.82, 2.24) is 5.32 Å². The number of rotatable bonds is 6. The van der Waals surface area contributed by atoms with Gasteiger partial charge in [-0.1, -0.05) is 37.3 Å². The molecular weight excluding hydrogens is 174 g/mol. The summed E-state index contributed by atoms with van der Waals surface area (Å²) in [5, 5.41) is 12.1. The summed E-state index contributed by atoms with van der Waals surface area (Å²) in [7, 11) is 0. The molecule has 0 aliphatic heterocycles. The predicted molar refractivity (Wildman–Crippen MR) is 59.2 cm³/mol. The Labute approximate surface area is 86.0 Å². The summed E-state index contributed by atoms with van der Waals surface area (Å²) >= 11 is 0. The lowest BCUT2D eigenvalue weighted by Gasteiger charge is -2.16. The number of hydrogen-bond acceptors (Lipinski definition) is 2. The van der Waals surface area contributed by atoms with Crippen molar-refractivity contribution < 1.29 is 5.11 Å². The molecule has 2 nitrogen and oxygen atoms in total. The van der Waals surface area contributed by atoms with Crippen LogP contribution < -0.4 is 5.32 Å². The molecule has 0 spiro atoms. The van der Waals surface area contributed by atoms with Crippen LogP contribution in [-0.4, -0.2) is 18.3 Å². The second-order valence-electron chi connectivity index (χ2n) is 3.40. The van der Waals surface area contributed by atoms with E-state index in [1.807, 2.05) is 6.07 Å². The maximum absolute atomic E-state index is 8.68. The summed E-state index contributed by atoms with van der Waals surface area (Å²) < 4.78 is 0. The minimum Gasteiger partial charge on any atom is -0.396 e. The molecule has 0 bridgehead atoms. The van der Waals surface area contributed by atoms with Crippen molar-refractivity contribution in [2.45, 2.75) is 25.8 Å². The van der Waals surface area contributed by atoms with Gasteiger partial charge in [0, 0.05) is 12.6 Å². The smallest absolute Gasteiger partial charge is 0.0443 e. The fourth-order valence-electron chi connectivity index (χ4n) is 1.54. The molecule has 0 aliphatic carbocycles. The molecule has 0 fully saturated rings. The minimum atomic E-state index is 0.262. The molecule has 1 aromatic carbocycles. The Bertz CT molecular complexity index is 235. The van der Waals surface area contributed by atoms with Crippen LogP contribution >= 0.6 is 0 Å². The zero-order valence-electron chi connectivity index (χ0n) is 8.74. The summed E-state index contributed by atoms with van der Waals surface area (Å²) in [4.78, 5) is 0. The molecule has 0 heterocycles. The lowest BCUT2D eigenvalue weighted by molar-refractivity contribution is 0.283. The Morgan fingerprint density at radius 2 is 2.00 bits per heavy atom. The zero-order chi connectivity index (χ0) is 10.2. The summed E-state index contributed by atoms with van der Waals surface area (Å²) in [5.41, 5.74) is 1.33. The van der Waals surface area contributed by atoms with Crippen LogP contribution in [0.1, 0.15) is 31.4 Å². The first-order valence-electron chi connectivity index (χ1n) is 5.27. The Hall–Kier alpha value is -0.860. The van der Waals surface area contributed by atoms with Crippen LogP contribution in [-0.2, 0) is 0 Å². The van der Waals surface area contributed by atoms with E-state index in [2.05, 4.69) is 36.5 Å². The molecule has 0 amide bonds. The molecule has 14 heavy (non-hydrogen) atoms. The summed E-state index contributed by atoms with van der Waals surface area (Å²) in [5.74, 6) is 0. The maximum Gasteiger partial charge on any atom is 0.0443 e. The largest absolute Gasteiger partial charge is 0.396 e. The van der Waals surface area contributed by atoms with Crippen LogP contribution in [0.25, 0.3) is 0 Å². The van der Waals surface area contributed by atoms with Crippen molar-refractivity contribution in [3.05, 3.63) is 35.9 Å². The van der Waals surface area contributed by atoms with Gasteiger partial charge in [0.1, 0.15) is 0 Å². The molecule has 2 N–H and O–H groups in total. The number of nitrogens with one attached hydrogen (secondary N) is 1. The highest BCUT2D eigenvalue weighted by Gasteiger charge is 2.06. The molecular formula is C12H19NO. The minimum absolute atomic E-state index is 0.262. The first-order chi connectivity index (χ1) is 6.88. The Kier molecular flexibility index (Phi) is 5.27. The summed E-state index contributed by atoms with van der Waals surface area (Å²) in [6.45, 7) is 3.31. The van der Waals surface area contributed by atoms with Gasteiger partial charge in [-0.2, -0.15) is 0 Å². The second-order valence-corrected chi connectivity index (χ2v) is 3.40. The van der Waals surface area contributed by atoms with Gasteiger partial charge in [0.15, 0.2) is 0 Å². The Morgan fingerprint density at radius 1 is 1.29 bits per heavy atom. The van der Waals surface area contributed by atoms with Gasteiger partial charge in [-0.25, -0.2) is 0 Å². The number of aliphatic hydroxyl groups excluding tert-OH is 1. The first kappa shape index (κ1) is 11.2. The van der Waals surface area contributed by atoms with Crippen molar-refractivity contribution >= 4 is 0 Å². The topological polar surface area (TPSA) is 32.3 Å². The van der Waals surface area contributed by atoms with Crippen LogP contribution in [0.2, 0.25) is 0 Å². The van der Waals surface area contributed by atoms with E-state index >= 15 is 0 Å². The van der Waals surface area contributed by atoms with E-state index in [0.29, 0.717) is 6.04 Å². The molecule has 1 atom stereocenters. The van der Waals surface area contributed by atoms with E-state index < -0.39 is 0 Å². The van der Waals surface area contributed by atoms with E-state index in [4.69, 9.17) is 5.11 Å². The van der Waals surface area contributed by atoms with Gasteiger partial charge < -0.3 is 10.4 Å². The molecule has 0 unspecified atom stereocenters. The average Bonchev–Trinajstić information content (AvgIpc) is 2.26. The number of hydrogen-bond donors (Lipinski definition) is 2. The normalized spacial score (nSPS) is 12.7. The number of aliphatic hydroxyl groups is 1. The maximum atomic E-state index is 8.68.